The first kappa shape index (κ1) is 85.9. The number of β-amino-alcohol motifs (C(OH)–C–C–N with tert-alkyl or cyclic N) is 1. The zero-order valence-electron chi connectivity index (χ0n) is 56.4. The molecule has 1 N–H and O–H groups in total. The lowest BCUT2D eigenvalue weighted by Gasteiger charge is -2.41. The van der Waals surface area contributed by atoms with Crippen LogP contribution in [0.5, 0.6) is 0 Å². The van der Waals surface area contributed by atoms with E-state index in [4.69, 9.17) is 98.0 Å². The molecule has 0 radical (unpaired) electrons. The number of nitrogens with zero attached hydrogens (tertiary/aromatic N) is 4. The van der Waals surface area contributed by atoms with Crippen LogP contribution in [0.1, 0.15) is 191 Å². The molecular weight excluding hydrogens is 1430 g/mol. The number of rotatable bonds is 20. The molecule has 3 aromatic rings. The van der Waals surface area contributed by atoms with Gasteiger partial charge in [0.05, 0.1) is 70.1 Å². The van der Waals surface area contributed by atoms with E-state index in [1.54, 1.807) is 0 Å². The Morgan fingerprint density at radius 3 is 1.35 bits per heavy atom. The van der Waals surface area contributed by atoms with Gasteiger partial charge in [0.2, 0.25) is 0 Å². The first-order valence-corrected chi connectivity index (χ1v) is 37.7. The van der Waals surface area contributed by atoms with Crippen LogP contribution in [0, 0.1) is 5.92 Å². The first-order chi connectivity index (χ1) is 44.8. The number of hydrogen-bond donors (Lipinski definition) is 1. The predicted octanol–water partition coefficient (Wildman–Crippen LogP) is 18.2. The number of carbonyl (C=O) groups is 2. The Balaban J connectivity index is 0.000000229. The van der Waals surface area contributed by atoms with Crippen molar-refractivity contribution in [3.63, 3.8) is 0 Å². The average molecular weight is 1540 g/mol. The third-order valence-electron chi connectivity index (χ3n) is 20.9. The van der Waals surface area contributed by atoms with E-state index in [1.807, 2.05) is 54.6 Å². The van der Waals surface area contributed by atoms with Crippen LogP contribution >= 0.6 is 119 Å². The molecule has 23 heteroatoms. The fraction of sp³-hybridized carbons (Fsp3) is 0.726. The number of ketones is 1. The Kier molecular flexibility index (Phi) is 41.4. The maximum Gasteiger partial charge on any atom is 0.302 e. The molecule has 10 atom stereocenters. The fourth-order valence-electron chi connectivity index (χ4n) is 15.9. The highest BCUT2D eigenvalue weighted by Gasteiger charge is 2.39. The van der Waals surface area contributed by atoms with Gasteiger partial charge < -0.3 is 33.5 Å². The van der Waals surface area contributed by atoms with Gasteiger partial charge in [-0.25, -0.2) is 0 Å². The quantitative estimate of drug-likeness (QED) is 0.0854. The standard InChI is InChI=1S/C21H37NO3.C18H25Cl2NO2.C17H23Cl2NO2.C17H21Cl2NO2.4ClH/c1-17(23)25-19-13-14-22(16-19)20-11-5-6-12-21(20)24-15-7-10-18-8-3-2-4-9-18;19-15-4-3-5-16(20)14(15)9-11-23-18-7-2-1-6-17(18)21-10-8-13(22)12-21;18-14-4-3-5-15(19)13(14)12-22-17-7-2-1-6-16(17)20-8-10-21-11-9-20;18-14-4-3-5-15(19)13(14)11-22-17-7-2-1-6-16(17)20-9-8-12(21)10-20;;;;/h18-21H,2-16H2,1H3;3-5,13,17-18,22H,1-2,6-12H2;3-5,16-17H,1-2,6-12H2;3-5,16-17H,1-2,6-11H2;4*1H/t19?,20-,21+;13?,17?,18-;2*16-,17?;;;;/m1011..../s1. The van der Waals surface area contributed by atoms with Gasteiger partial charge in [0.1, 0.15) is 11.9 Å². The van der Waals surface area contributed by atoms with E-state index >= 15 is 0 Å². The lowest BCUT2D eigenvalue weighted by atomic mass is 9.86. The number of benzene rings is 3. The van der Waals surface area contributed by atoms with Crippen LogP contribution < -0.4 is 0 Å². The number of halogens is 10. The summed E-state index contributed by atoms with van der Waals surface area (Å²) in [5, 5.41) is 13.9. The molecule has 12 rings (SSSR count). The lowest BCUT2D eigenvalue weighted by Crippen LogP contribution is -2.51. The van der Waals surface area contributed by atoms with E-state index in [0.717, 1.165) is 133 Å². The molecule has 0 bridgehead atoms. The Hall–Kier alpha value is -0.700. The molecule has 4 heterocycles. The van der Waals surface area contributed by atoms with Crippen LogP contribution in [0.2, 0.25) is 30.1 Å². The smallest absolute Gasteiger partial charge is 0.302 e. The van der Waals surface area contributed by atoms with Gasteiger partial charge in [-0.2, -0.15) is 0 Å². The number of aliphatic hydroxyl groups excluding tert-OH is 1. The number of Topliss-reactive ketones (excluding diaryl/α,β-unsaturated/α-hetero) is 1. The molecule has 0 amide bonds. The average Bonchev–Trinajstić information content (AvgIpc) is 1.51. The van der Waals surface area contributed by atoms with Gasteiger partial charge in [-0.3, -0.25) is 29.2 Å². The van der Waals surface area contributed by atoms with Gasteiger partial charge in [0, 0.05) is 131 Å². The molecule has 5 saturated carbocycles. The Bertz CT molecular complexity index is 2640. The number of hydrogen-bond acceptors (Lipinski definition) is 13. The van der Waals surface area contributed by atoms with Crippen molar-refractivity contribution in [2.24, 2.45) is 5.92 Å². The van der Waals surface area contributed by atoms with Crippen molar-refractivity contribution in [3.05, 3.63) is 101 Å². The molecule has 96 heavy (non-hydrogen) atoms. The van der Waals surface area contributed by atoms with Gasteiger partial charge >= 0.3 is 5.97 Å². The van der Waals surface area contributed by atoms with Crippen molar-refractivity contribution < 1.29 is 43.1 Å². The predicted molar refractivity (Wildman–Crippen MR) is 401 cm³/mol. The summed E-state index contributed by atoms with van der Waals surface area (Å²) in [5.74, 6) is 1.16. The first-order valence-electron chi connectivity index (χ1n) is 35.4. The fourth-order valence-corrected chi connectivity index (χ4v) is 17.5. The number of aliphatic hydroxyl groups is 1. The van der Waals surface area contributed by atoms with E-state index < -0.39 is 0 Å². The summed E-state index contributed by atoms with van der Waals surface area (Å²) >= 11 is 37.3. The minimum Gasteiger partial charge on any atom is -0.461 e. The second kappa shape index (κ2) is 46.2. The van der Waals surface area contributed by atoms with Crippen LogP contribution in [-0.4, -0.2) is 176 Å². The lowest BCUT2D eigenvalue weighted by molar-refractivity contribution is -0.145. The van der Waals surface area contributed by atoms with Gasteiger partial charge in [-0.05, 0) is 131 Å². The third-order valence-corrected chi connectivity index (χ3v) is 23.0. The van der Waals surface area contributed by atoms with Gasteiger partial charge in [0.15, 0.2) is 0 Å². The van der Waals surface area contributed by atoms with E-state index in [9.17, 15) is 14.7 Å². The zero-order valence-corrected chi connectivity index (χ0v) is 64.2. The number of ether oxygens (including phenoxy) is 6. The molecular formula is C73H110Cl10N4O9. The monoisotopic (exact) mass is 1540 g/mol. The van der Waals surface area contributed by atoms with Crippen molar-refractivity contribution in [2.75, 3.05) is 78.8 Å². The minimum absolute atomic E-state index is 0. The van der Waals surface area contributed by atoms with Crippen molar-refractivity contribution >= 4 is 131 Å². The maximum absolute atomic E-state index is 11.6. The summed E-state index contributed by atoms with van der Waals surface area (Å²) in [6.07, 6.45) is 33.2. The van der Waals surface area contributed by atoms with Crippen molar-refractivity contribution in [1.82, 2.24) is 19.6 Å². The molecule has 13 nitrogen and oxygen atoms in total. The minimum atomic E-state index is -0.167. The number of carbonyl (C=O) groups excluding carboxylic acids is 2. The molecule has 546 valence electrons. The van der Waals surface area contributed by atoms with Crippen molar-refractivity contribution in [2.45, 2.75) is 254 Å². The van der Waals surface area contributed by atoms with Gasteiger partial charge in [-0.15, -0.1) is 49.6 Å². The summed E-state index contributed by atoms with van der Waals surface area (Å²) in [7, 11) is 0. The summed E-state index contributed by atoms with van der Waals surface area (Å²) in [6, 6.07) is 18.6. The van der Waals surface area contributed by atoms with Crippen molar-refractivity contribution in [1.29, 1.82) is 0 Å². The summed E-state index contributed by atoms with van der Waals surface area (Å²) < 4.78 is 35.9. The molecule has 4 aliphatic heterocycles. The normalized spacial score (nSPS) is 27.6. The molecule has 9 aliphatic rings. The van der Waals surface area contributed by atoms with Crippen LogP contribution in [0.3, 0.4) is 0 Å². The number of likely N-dealkylation sites (tertiary alicyclic amines) is 3. The van der Waals surface area contributed by atoms with Gasteiger partial charge in [-0.1, -0.05) is 171 Å². The highest BCUT2D eigenvalue weighted by Crippen LogP contribution is 2.36. The number of morpholine rings is 1. The highest BCUT2D eigenvalue weighted by atomic mass is 35.5. The van der Waals surface area contributed by atoms with E-state index in [2.05, 4.69) is 19.6 Å². The highest BCUT2D eigenvalue weighted by molar-refractivity contribution is 6.37. The Morgan fingerprint density at radius 2 is 0.896 bits per heavy atom. The molecule has 5 aliphatic carbocycles. The van der Waals surface area contributed by atoms with Crippen LogP contribution in [0.4, 0.5) is 0 Å². The second-order valence-corrected chi connectivity index (χ2v) is 29.7. The molecule has 3 aromatic carbocycles. The van der Waals surface area contributed by atoms with Crippen LogP contribution in [-0.2, 0) is 57.6 Å². The summed E-state index contributed by atoms with van der Waals surface area (Å²) in [5.41, 5.74) is 2.73. The Labute approximate surface area is 629 Å². The molecule has 9 fully saturated rings. The van der Waals surface area contributed by atoms with Crippen LogP contribution in [0.15, 0.2) is 54.6 Å². The number of esters is 1. The largest absolute Gasteiger partial charge is 0.461 e. The van der Waals surface area contributed by atoms with Crippen molar-refractivity contribution in [3.8, 4) is 0 Å². The molecule has 0 spiro atoms. The molecule has 5 unspecified atom stereocenters. The maximum atomic E-state index is 11.6. The zero-order chi connectivity index (χ0) is 64.6. The van der Waals surface area contributed by atoms with Gasteiger partial charge in [0.25, 0.3) is 0 Å². The molecule has 0 aromatic heterocycles. The summed E-state index contributed by atoms with van der Waals surface area (Å²) in [4.78, 5) is 32.5. The SMILES string of the molecule is CC(=O)OC1CCN([C@@H]2CCCC[C@@H]2OCCCC2CCCCC2)C1.Cl.Cl.Cl.Cl.Clc1cccc(Cl)c1COC1CCCC[C@H]1N1CCOCC1.O=C1CCN([C@@H]2CCCCC2OCc2c(Cl)cccc2Cl)C1.OC1CCN(C2CCCC[C@@H]2OCCc2c(Cl)cccc2Cl)C1. The van der Waals surface area contributed by atoms with Crippen LogP contribution in [0.25, 0.3) is 0 Å². The van der Waals surface area contributed by atoms with E-state index in [0.29, 0.717) is 99.0 Å². The Morgan fingerprint density at radius 1 is 0.479 bits per heavy atom. The third kappa shape index (κ3) is 27.1. The second-order valence-electron chi connectivity index (χ2n) is 27.3. The van der Waals surface area contributed by atoms with E-state index in [-0.39, 0.29) is 86.1 Å². The summed E-state index contributed by atoms with van der Waals surface area (Å²) in [6.45, 7) is 12.9. The molecule has 4 saturated heterocycles. The topological polar surface area (TPSA) is 123 Å². The van der Waals surface area contributed by atoms with E-state index in [1.165, 1.54) is 129 Å².